The van der Waals surface area contributed by atoms with Crippen LogP contribution in [0.5, 0.6) is 0 Å². The summed E-state index contributed by atoms with van der Waals surface area (Å²) in [5.74, 6) is 0.478. The van der Waals surface area contributed by atoms with Gasteiger partial charge in [0.15, 0.2) is 5.82 Å². The van der Waals surface area contributed by atoms with Crippen LogP contribution in [-0.4, -0.2) is 16.0 Å². The Morgan fingerprint density at radius 2 is 2.10 bits per heavy atom. The molecule has 0 spiro atoms. The molecule has 1 aliphatic carbocycles. The second kappa shape index (κ2) is 5.51. The number of rotatable bonds is 3. The second-order valence-electron chi connectivity index (χ2n) is 4.85. The van der Waals surface area contributed by atoms with Crippen molar-refractivity contribution in [2.24, 2.45) is 11.5 Å². The van der Waals surface area contributed by atoms with Crippen molar-refractivity contribution in [1.29, 1.82) is 0 Å². The van der Waals surface area contributed by atoms with E-state index in [1.54, 1.807) is 11.4 Å². The molecule has 0 aromatic carbocycles. The maximum atomic E-state index is 11.1. The zero-order valence-corrected chi connectivity index (χ0v) is 12.3. The minimum atomic E-state index is -0.467. The van der Waals surface area contributed by atoms with Gasteiger partial charge in [0.1, 0.15) is 0 Å². The number of hydrogen-bond acceptors (Lipinski definition) is 6. The summed E-state index contributed by atoms with van der Waals surface area (Å²) in [4.78, 5) is 16.1. The molecule has 0 saturated heterocycles. The van der Waals surface area contributed by atoms with E-state index in [9.17, 15) is 4.79 Å². The Bertz CT molecular complexity index is 619. The van der Waals surface area contributed by atoms with Crippen molar-refractivity contribution in [3.8, 4) is 10.8 Å². The molecule has 6 nitrogen and oxygen atoms in total. The van der Waals surface area contributed by atoms with Crippen LogP contribution < -0.4 is 11.5 Å². The van der Waals surface area contributed by atoms with Crippen molar-refractivity contribution in [2.45, 2.75) is 31.2 Å². The zero-order chi connectivity index (χ0) is 13.5. The normalized spacial score (nSPS) is 16.9. The van der Waals surface area contributed by atoms with E-state index >= 15 is 0 Å². The molecule has 0 bridgehead atoms. The molecule has 0 aliphatic heterocycles. The van der Waals surface area contributed by atoms with Crippen LogP contribution in [0.25, 0.3) is 10.8 Å². The molecule has 4 N–H and O–H groups in total. The molecule has 108 valence electrons. The summed E-state index contributed by atoms with van der Waals surface area (Å²) in [6, 6.07) is 1.65. The largest absolute Gasteiger partial charge is 0.366 e. The Labute approximate surface area is 125 Å². The molecule has 8 heteroatoms. The van der Waals surface area contributed by atoms with Gasteiger partial charge in [-0.2, -0.15) is 4.98 Å². The highest BCUT2D eigenvalue weighted by molar-refractivity contribution is 7.13. The van der Waals surface area contributed by atoms with E-state index in [0.29, 0.717) is 17.3 Å². The lowest BCUT2D eigenvalue weighted by atomic mass is 9.99. The van der Waals surface area contributed by atoms with Crippen LogP contribution in [0.1, 0.15) is 41.9 Å². The van der Waals surface area contributed by atoms with E-state index in [-0.39, 0.29) is 12.4 Å². The van der Waals surface area contributed by atoms with Crippen LogP contribution in [0.4, 0.5) is 0 Å². The Hall–Kier alpha value is -1.44. The minimum Gasteiger partial charge on any atom is -0.366 e. The predicted octanol–water partition coefficient (Wildman–Crippen LogP) is 2.05. The summed E-state index contributed by atoms with van der Waals surface area (Å²) in [6.45, 7) is 0. The van der Waals surface area contributed by atoms with Crippen LogP contribution in [0.2, 0.25) is 0 Å². The number of nitrogens with two attached hydrogens (primary N) is 2. The van der Waals surface area contributed by atoms with E-state index in [1.807, 2.05) is 0 Å². The molecule has 1 aliphatic rings. The number of thiophene rings is 1. The molecule has 1 saturated carbocycles. The fraction of sp³-hybridized carbons (Fsp3) is 0.417. The number of primary amides is 1. The molecule has 3 rings (SSSR count). The molecular formula is C12H15ClN4O2S. The Morgan fingerprint density at radius 1 is 1.40 bits per heavy atom. The Kier molecular flexibility index (Phi) is 4.12. The van der Waals surface area contributed by atoms with Crippen molar-refractivity contribution in [3.63, 3.8) is 0 Å². The van der Waals surface area contributed by atoms with Crippen molar-refractivity contribution in [2.75, 3.05) is 0 Å². The lowest BCUT2D eigenvalue weighted by molar-refractivity contribution is 0.100. The van der Waals surface area contributed by atoms with Gasteiger partial charge in [-0.15, -0.1) is 23.7 Å². The Morgan fingerprint density at radius 3 is 2.70 bits per heavy atom. The van der Waals surface area contributed by atoms with Gasteiger partial charge < -0.3 is 16.0 Å². The molecule has 1 fully saturated rings. The number of aromatic nitrogens is 2. The fourth-order valence-electron chi connectivity index (χ4n) is 2.33. The van der Waals surface area contributed by atoms with Gasteiger partial charge in [-0.25, -0.2) is 0 Å². The SMILES string of the molecule is Cl.NC(=O)c1csc(-c2nc(C3(N)CCCC3)no2)c1. The van der Waals surface area contributed by atoms with Crippen molar-refractivity contribution >= 4 is 29.7 Å². The quantitative estimate of drug-likeness (QED) is 0.901. The van der Waals surface area contributed by atoms with Crippen LogP contribution >= 0.6 is 23.7 Å². The van der Waals surface area contributed by atoms with Gasteiger partial charge in [0.05, 0.1) is 16.0 Å². The standard InChI is InChI=1S/C12H14N4O2S.ClH/c13-9(17)7-5-8(19-6-7)10-15-11(16-18-10)12(14)3-1-2-4-12;/h5-6H,1-4,14H2,(H2,13,17);1H. The van der Waals surface area contributed by atoms with E-state index < -0.39 is 11.4 Å². The van der Waals surface area contributed by atoms with Crippen molar-refractivity contribution in [3.05, 3.63) is 22.8 Å². The Balaban J connectivity index is 0.00000147. The molecule has 2 aromatic rings. The van der Waals surface area contributed by atoms with Gasteiger partial charge in [-0.3, -0.25) is 4.79 Å². The summed E-state index contributed by atoms with van der Waals surface area (Å²) in [6.07, 6.45) is 3.93. The number of amides is 1. The fourth-order valence-corrected chi connectivity index (χ4v) is 3.15. The lowest BCUT2D eigenvalue weighted by Gasteiger charge is -2.17. The van der Waals surface area contributed by atoms with Gasteiger partial charge in [0.2, 0.25) is 5.91 Å². The van der Waals surface area contributed by atoms with Gasteiger partial charge in [-0.1, -0.05) is 18.0 Å². The summed E-state index contributed by atoms with van der Waals surface area (Å²) in [5.41, 5.74) is 11.5. The highest BCUT2D eigenvalue weighted by Crippen LogP contribution is 2.36. The second-order valence-corrected chi connectivity index (χ2v) is 5.76. The zero-order valence-electron chi connectivity index (χ0n) is 10.7. The third-order valence-corrected chi connectivity index (χ3v) is 4.38. The first-order valence-electron chi connectivity index (χ1n) is 6.10. The van der Waals surface area contributed by atoms with Gasteiger partial charge in [0.25, 0.3) is 5.89 Å². The van der Waals surface area contributed by atoms with Crippen LogP contribution in [0.3, 0.4) is 0 Å². The number of carbonyl (C=O) groups excluding carboxylic acids is 1. The van der Waals surface area contributed by atoms with Crippen molar-refractivity contribution < 1.29 is 9.32 Å². The van der Waals surface area contributed by atoms with Crippen LogP contribution in [-0.2, 0) is 5.54 Å². The molecule has 1 amide bonds. The first-order chi connectivity index (χ1) is 9.08. The molecular weight excluding hydrogens is 300 g/mol. The summed E-state index contributed by atoms with van der Waals surface area (Å²) in [5, 5.41) is 5.66. The maximum Gasteiger partial charge on any atom is 0.268 e. The minimum absolute atomic E-state index is 0. The van der Waals surface area contributed by atoms with Gasteiger partial charge >= 0.3 is 0 Å². The van der Waals surface area contributed by atoms with Gasteiger partial charge in [0, 0.05) is 5.38 Å². The lowest BCUT2D eigenvalue weighted by Crippen LogP contribution is -2.34. The molecule has 0 radical (unpaired) electrons. The number of carbonyl (C=O) groups is 1. The first-order valence-corrected chi connectivity index (χ1v) is 6.98. The topological polar surface area (TPSA) is 108 Å². The summed E-state index contributed by atoms with van der Waals surface area (Å²) < 4.78 is 5.24. The summed E-state index contributed by atoms with van der Waals surface area (Å²) in [7, 11) is 0. The average molecular weight is 315 g/mol. The monoisotopic (exact) mass is 314 g/mol. The highest BCUT2D eigenvalue weighted by atomic mass is 35.5. The number of hydrogen-bond donors (Lipinski definition) is 2. The van der Waals surface area contributed by atoms with Crippen molar-refractivity contribution in [1.82, 2.24) is 10.1 Å². The smallest absolute Gasteiger partial charge is 0.268 e. The van der Waals surface area contributed by atoms with E-state index in [2.05, 4.69) is 10.1 Å². The molecule has 20 heavy (non-hydrogen) atoms. The van der Waals surface area contributed by atoms with E-state index in [1.165, 1.54) is 11.3 Å². The third kappa shape index (κ3) is 2.56. The van der Waals surface area contributed by atoms with E-state index in [0.717, 1.165) is 30.6 Å². The third-order valence-electron chi connectivity index (χ3n) is 3.46. The van der Waals surface area contributed by atoms with Crippen LogP contribution in [0.15, 0.2) is 16.0 Å². The molecule has 2 heterocycles. The average Bonchev–Trinajstić information content (AvgIpc) is 3.08. The number of halogens is 1. The maximum absolute atomic E-state index is 11.1. The van der Waals surface area contributed by atoms with Gasteiger partial charge in [-0.05, 0) is 18.9 Å². The van der Waals surface area contributed by atoms with E-state index in [4.69, 9.17) is 16.0 Å². The first kappa shape index (κ1) is 15.0. The number of nitrogens with zero attached hydrogens (tertiary/aromatic N) is 2. The molecule has 2 aromatic heterocycles. The highest BCUT2D eigenvalue weighted by Gasteiger charge is 2.36. The summed E-state index contributed by atoms with van der Waals surface area (Å²) >= 11 is 1.35. The predicted molar refractivity (Wildman–Crippen MR) is 77.7 cm³/mol. The molecule has 0 unspecified atom stereocenters. The van der Waals surface area contributed by atoms with Crippen LogP contribution in [0, 0.1) is 0 Å². The molecule has 0 atom stereocenters.